The maximum absolute atomic E-state index is 5.51. The standard InChI is InChI=1S/C16H33NO/c1-3-7-15-8-5-9-16(11-10-15)17-12-6-14-18-13-4-2/h15-17H,3-14H2,1-2H3. The monoisotopic (exact) mass is 255 g/mol. The minimum absolute atomic E-state index is 0.776. The van der Waals surface area contributed by atoms with Gasteiger partial charge in [-0.1, -0.05) is 39.5 Å². The van der Waals surface area contributed by atoms with E-state index in [1.165, 1.54) is 44.9 Å². The van der Waals surface area contributed by atoms with Gasteiger partial charge in [-0.15, -0.1) is 0 Å². The van der Waals surface area contributed by atoms with E-state index in [0.717, 1.165) is 44.6 Å². The first-order chi connectivity index (χ1) is 8.86. The Balaban J connectivity index is 2.01. The van der Waals surface area contributed by atoms with Crippen LogP contribution in [0, 0.1) is 5.92 Å². The van der Waals surface area contributed by atoms with Gasteiger partial charge in [0.1, 0.15) is 0 Å². The Bertz CT molecular complexity index is 184. The van der Waals surface area contributed by atoms with E-state index in [-0.39, 0.29) is 0 Å². The molecule has 1 fully saturated rings. The van der Waals surface area contributed by atoms with Crippen molar-refractivity contribution in [1.29, 1.82) is 0 Å². The normalized spacial score (nSPS) is 25.0. The highest BCUT2D eigenvalue weighted by molar-refractivity contribution is 4.74. The lowest BCUT2D eigenvalue weighted by molar-refractivity contribution is 0.131. The van der Waals surface area contributed by atoms with Crippen LogP contribution in [0.1, 0.15) is 71.6 Å². The summed E-state index contributed by atoms with van der Waals surface area (Å²) in [6.45, 7) is 7.45. The number of nitrogens with one attached hydrogen (secondary N) is 1. The number of rotatable bonds is 9. The molecule has 1 N–H and O–H groups in total. The Labute approximate surface area is 114 Å². The number of hydrogen-bond donors (Lipinski definition) is 1. The van der Waals surface area contributed by atoms with Gasteiger partial charge in [-0.25, -0.2) is 0 Å². The summed E-state index contributed by atoms with van der Waals surface area (Å²) < 4.78 is 5.51. The van der Waals surface area contributed by atoms with Gasteiger partial charge in [0.2, 0.25) is 0 Å². The first kappa shape index (κ1) is 16.0. The maximum Gasteiger partial charge on any atom is 0.0478 e. The molecule has 18 heavy (non-hydrogen) atoms. The first-order valence-corrected chi connectivity index (χ1v) is 8.18. The van der Waals surface area contributed by atoms with Crippen LogP contribution >= 0.6 is 0 Å². The topological polar surface area (TPSA) is 21.3 Å². The molecule has 1 aliphatic carbocycles. The van der Waals surface area contributed by atoms with E-state index in [4.69, 9.17) is 4.74 Å². The third-order valence-electron chi connectivity index (χ3n) is 4.03. The lowest BCUT2D eigenvalue weighted by Gasteiger charge is -2.16. The van der Waals surface area contributed by atoms with Gasteiger partial charge in [-0.2, -0.15) is 0 Å². The molecule has 0 aromatic carbocycles. The molecule has 0 radical (unpaired) electrons. The molecule has 1 saturated carbocycles. The van der Waals surface area contributed by atoms with Crippen molar-refractivity contribution in [3.05, 3.63) is 0 Å². The second-order valence-corrected chi connectivity index (χ2v) is 5.78. The van der Waals surface area contributed by atoms with Crippen molar-refractivity contribution in [2.75, 3.05) is 19.8 Å². The molecule has 0 aromatic rings. The third kappa shape index (κ3) is 7.38. The van der Waals surface area contributed by atoms with Gasteiger partial charge < -0.3 is 10.1 Å². The minimum Gasteiger partial charge on any atom is -0.381 e. The molecule has 0 aliphatic heterocycles. The van der Waals surface area contributed by atoms with E-state index >= 15 is 0 Å². The Hall–Kier alpha value is -0.0800. The van der Waals surface area contributed by atoms with Crippen LogP contribution in [0.5, 0.6) is 0 Å². The van der Waals surface area contributed by atoms with Crippen molar-refractivity contribution in [3.8, 4) is 0 Å². The number of hydrogen-bond acceptors (Lipinski definition) is 2. The second kappa shape index (κ2) is 10.8. The smallest absolute Gasteiger partial charge is 0.0478 e. The molecule has 0 spiro atoms. The zero-order valence-corrected chi connectivity index (χ0v) is 12.5. The third-order valence-corrected chi connectivity index (χ3v) is 4.03. The van der Waals surface area contributed by atoms with Crippen LogP contribution in [0.3, 0.4) is 0 Å². The molecule has 2 unspecified atom stereocenters. The molecule has 0 saturated heterocycles. The van der Waals surface area contributed by atoms with Crippen molar-refractivity contribution in [2.45, 2.75) is 77.7 Å². The Morgan fingerprint density at radius 1 is 1.00 bits per heavy atom. The molecule has 1 aliphatic rings. The van der Waals surface area contributed by atoms with Gasteiger partial charge in [0, 0.05) is 19.3 Å². The molecule has 0 aromatic heterocycles. The van der Waals surface area contributed by atoms with E-state index in [0.29, 0.717) is 0 Å². The largest absolute Gasteiger partial charge is 0.381 e. The van der Waals surface area contributed by atoms with Gasteiger partial charge >= 0.3 is 0 Å². The highest BCUT2D eigenvalue weighted by atomic mass is 16.5. The fraction of sp³-hybridized carbons (Fsp3) is 1.00. The van der Waals surface area contributed by atoms with Crippen molar-refractivity contribution < 1.29 is 4.74 Å². The van der Waals surface area contributed by atoms with E-state index in [9.17, 15) is 0 Å². The van der Waals surface area contributed by atoms with E-state index in [1.807, 2.05) is 0 Å². The predicted molar refractivity (Wildman–Crippen MR) is 79.0 cm³/mol. The van der Waals surface area contributed by atoms with Crippen LogP contribution in [-0.2, 0) is 4.74 Å². The zero-order chi connectivity index (χ0) is 13.1. The molecule has 0 amide bonds. The summed E-state index contributed by atoms with van der Waals surface area (Å²) in [5.41, 5.74) is 0. The van der Waals surface area contributed by atoms with Gasteiger partial charge in [-0.05, 0) is 44.6 Å². The van der Waals surface area contributed by atoms with Crippen LogP contribution in [0.25, 0.3) is 0 Å². The molecule has 108 valence electrons. The summed E-state index contributed by atoms with van der Waals surface area (Å²) in [6, 6.07) is 0.776. The molecule has 2 heteroatoms. The molecular formula is C16H33NO. The Kier molecular flexibility index (Phi) is 9.59. The Morgan fingerprint density at radius 2 is 1.89 bits per heavy atom. The van der Waals surface area contributed by atoms with Gasteiger partial charge in [0.25, 0.3) is 0 Å². The molecule has 2 nitrogen and oxygen atoms in total. The minimum atomic E-state index is 0.776. The molecule has 1 rings (SSSR count). The Morgan fingerprint density at radius 3 is 2.67 bits per heavy atom. The average Bonchev–Trinajstić information content (AvgIpc) is 2.60. The van der Waals surface area contributed by atoms with Crippen molar-refractivity contribution >= 4 is 0 Å². The van der Waals surface area contributed by atoms with Gasteiger partial charge in [0.15, 0.2) is 0 Å². The van der Waals surface area contributed by atoms with Gasteiger partial charge in [-0.3, -0.25) is 0 Å². The van der Waals surface area contributed by atoms with Crippen molar-refractivity contribution in [3.63, 3.8) is 0 Å². The zero-order valence-electron chi connectivity index (χ0n) is 12.5. The summed E-state index contributed by atoms with van der Waals surface area (Å²) >= 11 is 0. The number of ether oxygens (including phenoxy) is 1. The average molecular weight is 255 g/mol. The highest BCUT2D eigenvalue weighted by Gasteiger charge is 2.17. The summed E-state index contributed by atoms with van der Waals surface area (Å²) in [7, 11) is 0. The van der Waals surface area contributed by atoms with E-state index in [1.54, 1.807) is 0 Å². The molecule has 2 atom stereocenters. The maximum atomic E-state index is 5.51. The SMILES string of the molecule is CCCOCCCNC1CCCC(CCC)CC1. The van der Waals surface area contributed by atoms with Crippen LogP contribution < -0.4 is 5.32 Å². The van der Waals surface area contributed by atoms with Crippen molar-refractivity contribution in [2.24, 2.45) is 5.92 Å². The first-order valence-electron chi connectivity index (χ1n) is 8.18. The molecular weight excluding hydrogens is 222 g/mol. The van der Waals surface area contributed by atoms with Crippen LogP contribution in [0.4, 0.5) is 0 Å². The summed E-state index contributed by atoms with van der Waals surface area (Å²) in [4.78, 5) is 0. The summed E-state index contributed by atoms with van der Waals surface area (Å²) in [5.74, 6) is 1.01. The molecule has 0 heterocycles. The lowest BCUT2D eigenvalue weighted by atomic mass is 9.95. The lowest BCUT2D eigenvalue weighted by Crippen LogP contribution is -2.30. The summed E-state index contributed by atoms with van der Waals surface area (Å²) in [5, 5.41) is 3.72. The van der Waals surface area contributed by atoms with Crippen LogP contribution in [-0.4, -0.2) is 25.8 Å². The fourth-order valence-electron chi connectivity index (χ4n) is 3.01. The molecule has 0 bridgehead atoms. The van der Waals surface area contributed by atoms with Crippen LogP contribution in [0.2, 0.25) is 0 Å². The van der Waals surface area contributed by atoms with Crippen molar-refractivity contribution in [1.82, 2.24) is 5.32 Å². The van der Waals surface area contributed by atoms with Crippen LogP contribution in [0.15, 0.2) is 0 Å². The quantitative estimate of drug-likeness (QED) is 0.494. The summed E-state index contributed by atoms with van der Waals surface area (Å²) in [6.07, 6.45) is 12.2. The second-order valence-electron chi connectivity index (χ2n) is 5.78. The highest BCUT2D eigenvalue weighted by Crippen LogP contribution is 2.26. The van der Waals surface area contributed by atoms with E-state index < -0.39 is 0 Å². The van der Waals surface area contributed by atoms with Gasteiger partial charge in [0.05, 0.1) is 0 Å². The van der Waals surface area contributed by atoms with E-state index in [2.05, 4.69) is 19.2 Å². The fourth-order valence-corrected chi connectivity index (χ4v) is 3.01. The predicted octanol–water partition coefficient (Wildman–Crippen LogP) is 4.14.